The minimum absolute atomic E-state index is 0.0203. The van der Waals surface area contributed by atoms with Crippen molar-refractivity contribution in [3.63, 3.8) is 0 Å². The van der Waals surface area contributed by atoms with Crippen LogP contribution in [0, 0.1) is 0 Å². The van der Waals surface area contributed by atoms with E-state index < -0.39 is 20.0 Å². The second kappa shape index (κ2) is 5.04. The molecule has 0 aromatic carbocycles. The van der Waals surface area contributed by atoms with Gasteiger partial charge in [0.2, 0.25) is 13.9 Å². The lowest BCUT2D eigenvalue weighted by Crippen LogP contribution is -2.05. The molecular formula is C7H11O5P. The third-order valence-corrected chi connectivity index (χ3v) is 2.67. The van der Waals surface area contributed by atoms with E-state index in [-0.39, 0.29) is 13.2 Å². The molecule has 0 N–H and O–H groups in total. The van der Waals surface area contributed by atoms with E-state index in [0.717, 1.165) is 0 Å². The molecule has 2 atom stereocenters. The lowest BCUT2D eigenvalue weighted by atomic mass is 10.6. The van der Waals surface area contributed by atoms with E-state index in [9.17, 15) is 9.36 Å². The molecule has 0 bridgehead atoms. The first-order valence-corrected chi connectivity index (χ1v) is 5.24. The molecule has 0 spiro atoms. The van der Waals surface area contributed by atoms with Crippen molar-refractivity contribution in [2.24, 2.45) is 0 Å². The summed E-state index contributed by atoms with van der Waals surface area (Å²) in [5.74, 6) is -0.720. The Morgan fingerprint density at radius 2 is 2.54 bits per heavy atom. The van der Waals surface area contributed by atoms with Crippen LogP contribution in [0.4, 0.5) is 4.79 Å². The molecule has 1 aliphatic rings. The van der Waals surface area contributed by atoms with Crippen LogP contribution in [-0.2, 0) is 18.6 Å². The number of cyclic esters (lactones) is 2. The van der Waals surface area contributed by atoms with Gasteiger partial charge in [0.25, 0.3) is 0 Å². The second-order valence-electron chi connectivity index (χ2n) is 2.37. The van der Waals surface area contributed by atoms with Crippen molar-refractivity contribution in [3.05, 3.63) is 12.2 Å². The third kappa shape index (κ3) is 3.20. The zero-order valence-electron chi connectivity index (χ0n) is 7.19. The maximum Gasteiger partial charge on any atom is 0.509 e. The first kappa shape index (κ1) is 10.3. The molecule has 1 saturated heterocycles. The highest BCUT2D eigenvalue weighted by Crippen LogP contribution is 2.33. The Kier molecular flexibility index (Phi) is 3.99. The Labute approximate surface area is 76.5 Å². The van der Waals surface area contributed by atoms with Crippen LogP contribution in [0.15, 0.2) is 12.2 Å². The Morgan fingerprint density at radius 1 is 1.77 bits per heavy atom. The average molecular weight is 206 g/mol. The molecule has 0 radical (unpaired) electrons. The molecule has 0 aromatic heterocycles. The molecule has 0 amide bonds. The topological polar surface area (TPSA) is 61.8 Å². The summed E-state index contributed by atoms with van der Waals surface area (Å²) in [7, 11) is -2.34. The maximum atomic E-state index is 11.2. The Bertz CT molecular complexity index is 237. The number of hydrogen-bond acceptors (Lipinski definition) is 5. The Morgan fingerprint density at radius 3 is 3.08 bits per heavy atom. The minimum atomic E-state index is -2.34. The van der Waals surface area contributed by atoms with Gasteiger partial charge in [0, 0.05) is 0 Å². The number of rotatable bonds is 4. The molecule has 5 nitrogen and oxygen atoms in total. The van der Waals surface area contributed by atoms with Crippen LogP contribution in [-0.4, -0.2) is 25.2 Å². The summed E-state index contributed by atoms with van der Waals surface area (Å²) in [5.41, 5.74) is 0. The third-order valence-electron chi connectivity index (χ3n) is 1.41. The number of ether oxygens (including phenoxy) is 2. The van der Waals surface area contributed by atoms with E-state index in [1.54, 1.807) is 12.2 Å². The molecular weight excluding hydrogens is 195 g/mol. The molecule has 0 saturated carbocycles. The monoisotopic (exact) mass is 206 g/mol. The maximum absolute atomic E-state index is 11.2. The summed E-state index contributed by atoms with van der Waals surface area (Å²) in [6, 6.07) is 0. The van der Waals surface area contributed by atoms with Gasteiger partial charge in [-0.15, -0.1) is 0 Å². The van der Waals surface area contributed by atoms with Gasteiger partial charge >= 0.3 is 6.16 Å². The summed E-state index contributed by atoms with van der Waals surface area (Å²) in [6.45, 7) is 2.12. The van der Waals surface area contributed by atoms with Gasteiger partial charge < -0.3 is 14.0 Å². The summed E-state index contributed by atoms with van der Waals surface area (Å²) < 4.78 is 25.2. The normalized spacial score (nSPS) is 24.4. The molecule has 1 fully saturated rings. The van der Waals surface area contributed by atoms with Crippen molar-refractivity contribution < 1.29 is 23.4 Å². The molecule has 1 rings (SSSR count). The average Bonchev–Trinajstić information content (AvgIpc) is 2.52. The van der Waals surface area contributed by atoms with Crippen LogP contribution in [0.25, 0.3) is 0 Å². The van der Waals surface area contributed by atoms with Gasteiger partial charge in [-0.05, 0) is 6.92 Å². The predicted octanol–water partition coefficient (Wildman–Crippen LogP) is 1.55. The highest BCUT2D eigenvalue weighted by atomic mass is 31.1. The molecule has 74 valence electrons. The van der Waals surface area contributed by atoms with E-state index in [0.29, 0.717) is 0 Å². The molecule has 0 aromatic rings. The standard InChI is InChI=1S/C7H11O5P/c1-2-3-4-11-13(9)6-5-10-7(8)12-6/h2-3,6,13H,4-5H2,1H3/b3-2+. The lowest BCUT2D eigenvalue weighted by Gasteiger charge is -2.05. The van der Waals surface area contributed by atoms with Crippen molar-refractivity contribution in [2.45, 2.75) is 12.8 Å². The fraction of sp³-hybridized carbons (Fsp3) is 0.571. The van der Waals surface area contributed by atoms with Crippen molar-refractivity contribution in [2.75, 3.05) is 13.2 Å². The highest BCUT2D eigenvalue weighted by molar-refractivity contribution is 7.39. The van der Waals surface area contributed by atoms with Crippen molar-refractivity contribution in [3.8, 4) is 0 Å². The van der Waals surface area contributed by atoms with Crippen LogP contribution in [0.5, 0.6) is 0 Å². The van der Waals surface area contributed by atoms with Gasteiger partial charge in [0.1, 0.15) is 6.61 Å². The van der Waals surface area contributed by atoms with Gasteiger partial charge in [-0.1, -0.05) is 12.2 Å². The van der Waals surface area contributed by atoms with Gasteiger partial charge in [-0.3, -0.25) is 4.57 Å². The fourth-order valence-corrected chi connectivity index (χ4v) is 1.62. The SMILES string of the molecule is C/C=C/CO[PH](=O)C1COC(=O)O1. The van der Waals surface area contributed by atoms with Crippen molar-refractivity contribution in [1.29, 1.82) is 0 Å². The minimum Gasteiger partial charge on any atom is -0.430 e. The van der Waals surface area contributed by atoms with Crippen LogP contribution in [0.3, 0.4) is 0 Å². The number of hydrogen-bond donors (Lipinski definition) is 0. The molecule has 13 heavy (non-hydrogen) atoms. The van der Waals surface area contributed by atoms with Crippen molar-refractivity contribution in [1.82, 2.24) is 0 Å². The van der Waals surface area contributed by atoms with E-state index in [1.807, 2.05) is 6.92 Å². The second-order valence-corrected chi connectivity index (χ2v) is 3.94. The van der Waals surface area contributed by atoms with E-state index in [1.165, 1.54) is 0 Å². The van der Waals surface area contributed by atoms with Gasteiger partial charge in [0.15, 0.2) is 0 Å². The number of carbonyl (C=O) groups is 1. The zero-order chi connectivity index (χ0) is 9.68. The first-order valence-electron chi connectivity index (χ1n) is 3.85. The summed E-state index contributed by atoms with van der Waals surface area (Å²) in [5, 5.41) is 0. The fourth-order valence-electron chi connectivity index (χ4n) is 0.763. The van der Waals surface area contributed by atoms with Crippen LogP contribution in [0.2, 0.25) is 0 Å². The molecule has 2 unspecified atom stereocenters. The van der Waals surface area contributed by atoms with Crippen LogP contribution >= 0.6 is 8.03 Å². The van der Waals surface area contributed by atoms with Gasteiger partial charge in [-0.25, -0.2) is 4.79 Å². The predicted molar refractivity (Wildman–Crippen MR) is 46.0 cm³/mol. The van der Waals surface area contributed by atoms with Gasteiger partial charge in [0.05, 0.1) is 6.61 Å². The Hall–Kier alpha value is -0.800. The van der Waals surface area contributed by atoms with Crippen molar-refractivity contribution >= 4 is 14.2 Å². The van der Waals surface area contributed by atoms with E-state index in [2.05, 4.69) is 9.47 Å². The smallest absolute Gasteiger partial charge is 0.430 e. The summed E-state index contributed by atoms with van der Waals surface area (Å²) in [6.07, 6.45) is 2.73. The largest absolute Gasteiger partial charge is 0.509 e. The van der Waals surface area contributed by atoms with E-state index >= 15 is 0 Å². The van der Waals surface area contributed by atoms with Crippen LogP contribution in [0.1, 0.15) is 6.92 Å². The molecule has 1 aliphatic heterocycles. The first-order chi connectivity index (χ1) is 6.24. The lowest BCUT2D eigenvalue weighted by molar-refractivity contribution is 0.126. The van der Waals surface area contributed by atoms with Gasteiger partial charge in [-0.2, -0.15) is 0 Å². The van der Waals surface area contributed by atoms with E-state index in [4.69, 9.17) is 4.52 Å². The Balaban J connectivity index is 2.27. The van der Waals surface area contributed by atoms with Crippen LogP contribution < -0.4 is 0 Å². The highest BCUT2D eigenvalue weighted by Gasteiger charge is 2.30. The molecule has 0 aliphatic carbocycles. The summed E-state index contributed by atoms with van der Waals surface area (Å²) in [4.78, 5) is 10.5. The summed E-state index contributed by atoms with van der Waals surface area (Å²) >= 11 is 0. The molecule has 6 heteroatoms. The number of carbonyl (C=O) groups excluding carboxylic acids is 1. The number of allylic oxidation sites excluding steroid dienone is 1. The molecule has 1 heterocycles. The zero-order valence-corrected chi connectivity index (χ0v) is 8.19. The quantitative estimate of drug-likeness (QED) is 0.396.